The van der Waals surface area contributed by atoms with Crippen molar-refractivity contribution in [1.29, 1.82) is 0 Å². The quantitative estimate of drug-likeness (QED) is 0.168. The highest BCUT2D eigenvalue weighted by Crippen LogP contribution is 2.60. The molecule has 57 heavy (non-hydrogen) atoms. The van der Waals surface area contributed by atoms with Crippen LogP contribution in [0.5, 0.6) is 0 Å². The first kappa shape index (κ1) is 36.8. The van der Waals surface area contributed by atoms with E-state index in [0.29, 0.717) is 11.8 Å². The highest BCUT2D eigenvalue weighted by Gasteiger charge is 2.52. The Morgan fingerprint density at radius 3 is 2.16 bits per heavy atom. The van der Waals surface area contributed by atoms with Gasteiger partial charge < -0.3 is 9.80 Å². The number of fused-ring (bicyclic) bond motifs is 6. The van der Waals surface area contributed by atoms with Crippen molar-refractivity contribution in [3.05, 3.63) is 152 Å². The predicted octanol–water partition coefficient (Wildman–Crippen LogP) is 13.6. The van der Waals surface area contributed by atoms with Crippen molar-refractivity contribution in [2.75, 3.05) is 9.80 Å². The van der Waals surface area contributed by atoms with E-state index >= 15 is 0 Å². The van der Waals surface area contributed by atoms with Crippen LogP contribution in [0, 0.1) is 51.4 Å². The summed E-state index contributed by atoms with van der Waals surface area (Å²) in [5.74, 6) is 0.900. The average Bonchev–Trinajstić information content (AvgIpc) is 3.53. The Balaban J connectivity index is 1.29. The van der Waals surface area contributed by atoms with Crippen LogP contribution in [0.15, 0.2) is 119 Å². The Hall–Kier alpha value is -4.54. The molecule has 1 aromatic heterocycles. The summed E-state index contributed by atoms with van der Waals surface area (Å²) in [5, 5.41) is 1.38. The van der Waals surface area contributed by atoms with Gasteiger partial charge in [-0.25, -0.2) is 0 Å². The summed E-state index contributed by atoms with van der Waals surface area (Å²) >= 11 is 2.05. The van der Waals surface area contributed by atoms with Gasteiger partial charge in [0.1, 0.15) is 0 Å². The van der Waals surface area contributed by atoms with Gasteiger partial charge in [-0.2, -0.15) is 0 Å². The van der Waals surface area contributed by atoms with Gasteiger partial charge in [0.15, 0.2) is 0 Å². The molecule has 3 heterocycles. The minimum Gasteiger partial charge on any atom is -0.315 e. The molecule has 0 saturated heterocycles. The fourth-order valence-electron chi connectivity index (χ4n) is 11.4. The maximum atomic E-state index is 2.78. The zero-order chi connectivity index (χ0) is 39.7. The summed E-state index contributed by atoms with van der Waals surface area (Å²) in [6.45, 7) is 24.1. The molecule has 0 bridgehead atoms. The number of allylic oxidation sites excluding steroid dienone is 7. The maximum Gasteiger partial charge on any atom is 0.264 e. The lowest BCUT2D eigenvalue weighted by atomic mass is 9.34. The Morgan fingerprint density at radius 2 is 1.46 bits per heavy atom. The maximum absolute atomic E-state index is 2.78. The number of rotatable bonds is 4. The SMILES string of the molecule is CCC1(C)CCC(C)(C)C2CC3=C(C=C21)B1c2sc4cc(C)c(C)cc4c2N(c2cc(C)cc(C)c2)c2cc(C)cc(c21)N3C1=C(C)CC(c2ccccc2)C=C1. The molecular formula is C53H57BN2S. The van der Waals surface area contributed by atoms with Gasteiger partial charge in [0.2, 0.25) is 0 Å². The molecule has 3 aliphatic carbocycles. The third-order valence-corrected chi connectivity index (χ3v) is 16.2. The van der Waals surface area contributed by atoms with Gasteiger partial charge in [0.25, 0.3) is 6.71 Å². The fraction of sp³-hybridized carbons (Fsp3) is 0.358. The molecule has 5 aliphatic rings. The van der Waals surface area contributed by atoms with Gasteiger partial charge in [-0.15, -0.1) is 11.3 Å². The van der Waals surface area contributed by atoms with Crippen molar-refractivity contribution in [3.63, 3.8) is 0 Å². The minimum atomic E-state index is 0.169. The van der Waals surface area contributed by atoms with Crippen molar-refractivity contribution in [3.8, 4) is 0 Å². The highest BCUT2D eigenvalue weighted by atomic mass is 32.1. The van der Waals surface area contributed by atoms with Gasteiger partial charge in [0.05, 0.1) is 5.69 Å². The Labute approximate surface area is 345 Å². The molecule has 2 nitrogen and oxygen atoms in total. The molecule has 0 spiro atoms. The summed E-state index contributed by atoms with van der Waals surface area (Å²) in [6, 6.07) is 28.2. The number of benzene rings is 4. The summed E-state index contributed by atoms with van der Waals surface area (Å²) in [7, 11) is 0. The van der Waals surface area contributed by atoms with Crippen LogP contribution in [0.25, 0.3) is 10.1 Å². The summed E-state index contributed by atoms with van der Waals surface area (Å²) < 4.78 is 2.89. The number of nitrogens with zero attached hydrogens (tertiary/aromatic N) is 2. The van der Waals surface area contributed by atoms with E-state index < -0.39 is 0 Å². The third kappa shape index (κ3) is 5.56. The summed E-state index contributed by atoms with van der Waals surface area (Å²) in [6.07, 6.45) is 13.6. The first-order valence-corrected chi connectivity index (χ1v) is 22.3. The number of thiophene rings is 1. The van der Waals surface area contributed by atoms with Crippen LogP contribution in [-0.2, 0) is 0 Å². The second-order valence-electron chi connectivity index (χ2n) is 19.3. The molecule has 1 saturated carbocycles. The van der Waals surface area contributed by atoms with E-state index in [1.54, 1.807) is 5.57 Å². The van der Waals surface area contributed by atoms with Gasteiger partial charge in [0, 0.05) is 49.2 Å². The number of anilines is 4. The molecule has 5 aromatic rings. The van der Waals surface area contributed by atoms with E-state index in [2.05, 4.69) is 170 Å². The van der Waals surface area contributed by atoms with Crippen LogP contribution in [0.3, 0.4) is 0 Å². The molecule has 1 fully saturated rings. The van der Waals surface area contributed by atoms with E-state index in [9.17, 15) is 0 Å². The standard InChI is InChI=1S/C53H57BN2S/c1-11-53(10)20-19-52(8,9)41-30-45-43(29-42(41)53)54-49-46(24-33(4)25-47(49)56(45)44-18-17-38(26-36(44)7)37-15-13-12-14-16-37)55(39-22-31(2)21-32(3)23-39)50-40-27-34(5)35(6)28-48(40)57-51(50)54/h12-18,21-25,27-29,38,41H,11,19-20,26,30H2,1-10H3. The van der Waals surface area contributed by atoms with Crippen LogP contribution in [0.1, 0.15) is 106 Å². The Bertz CT molecular complexity index is 2630. The van der Waals surface area contributed by atoms with E-state index in [-0.39, 0.29) is 17.5 Å². The molecule has 0 radical (unpaired) electrons. The van der Waals surface area contributed by atoms with E-state index in [1.807, 2.05) is 11.3 Å². The van der Waals surface area contributed by atoms with Gasteiger partial charge in [-0.05, 0) is 183 Å². The van der Waals surface area contributed by atoms with Crippen molar-refractivity contribution in [1.82, 2.24) is 0 Å². The zero-order valence-electron chi connectivity index (χ0n) is 35.7. The molecule has 10 rings (SSSR count). The smallest absolute Gasteiger partial charge is 0.264 e. The van der Waals surface area contributed by atoms with Crippen molar-refractivity contribution in [2.45, 2.75) is 107 Å². The topological polar surface area (TPSA) is 6.48 Å². The van der Waals surface area contributed by atoms with Crippen LogP contribution < -0.4 is 20.0 Å². The largest absolute Gasteiger partial charge is 0.315 e. The number of hydrogen-bond acceptors (Lipinski definition) is 3. The second-order valence-corrected chi connectivity index (χ2v) is 20.4. The molecule has 4 aromatic carbocycles. The Morgan fingerprint density at radius 1 is 0.772 bits per heavy atom. The van der Waals surface area contributed by atoms with Gasteiger partial charge in [-0.3, -0.25) is 0 Å². The number of aryl methyl sites for hydroxylation is 5. The molecule has 4 heteroatoms. The lowest BCUT2D eigenvalue weighted by Crippen LogP contribution is -2.57. The summed E-state index contributed by atoms with van der Waals surface area (Å²) in [5.41, 5.74) is 22.9. The first-order chi connectivity index (χ1) is 27.3. The average molecular weight is 765 g/mol. The Kier molecular flexibility index (Phi) is 8.38. The van der Waals surface area contributed by atoms with Crippen LogP contribution >= 0.6 is 11.3 Å². The fourth-order valence-corrected chi connectivity index (χ4v) is 12.8. The van der Waals surface area contributed by atoms with Gasteiger partial charge in [-0.1, -0.05) is 81.8 Å². The molecule has 3 atom stereocenters. The molecule has 0 N–H and O–H groups in total. The molecule has 2 aliphatic heterocycles. The number of hydrogen-bond donors (Lipinski definition) is 0. The molecule has 3 unspecified atom stereocenters. The molecule has 0 amide bonds. The monoisotopic (exact) mass is 764 g/mol. The van der Waals surface area contributed by atoms with Crippen molar-refractivity contribution in [2.24, 2.45) is 16.7 Å². The van der Waals surface area contributed by atoms with E-state index in [0.717, 1.165) is 12.8 Å². The second kappa shape index (κ2) is 13.0. The zero-order valence-corrected chi connectivity index (χ0v) is 36.5. The molecular weight excluding hydrogens is 707 g/mol. The van der Waals surface area contributed by atoms with Crippen LogP contribution in [0.4, 0.5) is 22.7 Å². The van der Waals surface area contributed by atoms with Crippen LogP contribution in [-0.4, -0.2) is 6.71 Å². The van der Waals surface area contributed by atoms with E-state index in [1.165, 1.54) is 118 Å². The lowest BCUT2D eigenvalue weighted by Gasteiger charge is -2.54. The van der Waals surface area contributed by atoms with Crippen molar-refractivity contribution >= 4 is 61.1 Å². The molecule has 288 valence electrons. The minimum absolute atomic E-state index is 0.169. The highest BCUT2D eigenvalue weighted by molar-refractivity contribution is 7.33. The van der Waals surface area contributed by atoms with Crippen molar-refractivity contribution < 1.29 is 0 Å². The lowest BCUT2D eigenvalue weighted by molar-refractivity contribution is 0.108. The predicted molar refractivity (Wildman–Crippen MR) is 248 cm³/mol. The normalized spacial score (nSPS) is 23.4. The summed E-state index contributed by atoms with van der Waals surface area (Å²) in [4.78, 5) is 5.44. The first-order valence-electron chi connectivity index (χ1n) is 21.5. The van der Waals surface area contributed by atoms with Gasteiger partial charge >= 0.3 is 0 Å². The van der Waals surface area contributed by atoms with Crippen LogP contribution in [0.2, 0.25) is 0 Å². The van der Waals surface area contributed by atoms with E-state index in [4.69, 9.17) is 0 Å². The third-order valence-electron chi connectivity index (χ3n) is 15.0.